The van der Waals surface area contributed by atoms with Crippen LogP contribution in [0.5, 0.6) is 5.88 Å². The average molecular weight is 251 g/mol. The van der Waals surface area contributed by atoms with Gasteiger partial charge in [-0.05, 0) is 38.8 Å². The molecule has 0 radical (unpaired) electrons. The Hall–Kier alpha value is -1.49. The first kappa shape index (κ1) is 13.0. The van der Waals surface area contributed by atoms with E-state index in [1.54, 1.807) is 0 Å². The van der Waals surface area contributed by atoms with Crippen molar-refractivity contribution in [3.05, 3.63) is 12.1 Å². The zero-order chi connectivity index (χ0) is 13.0. The fraction of sp³-hybridized carbons (Fsp3) is 0.615. The van der Waals surface area contributed by atoms with Gasteiger partial charge in [-0.25, -0.2) is 0 Å². The van der Waals surface area contributed by atoms with Crippen molar-refractivity contribution in [2.75, 3.05) is 24.2 Å². The maximum atomic E-state index is 5.82. The number of hydrogen-bond acceptors (Lipinski definition) is 5. The molecule has 100 valence electrons. The normalized spacial score (nSPS) is 19.2. The Morgan fingerprint density at radius 2 is 2.39 bits per heavy atom. The number of ether oxygens (including phenoxy) is 2. The van der Waals surface area contributed by atoms with Crippen LogP contribution in [0.3, 0.4) is 0 Å². The van der Waals surface area contributed by atoms with Gasteiger partial charge in [-0.15, -0.1) is 0 Å². The number of anilines is 2. The minimum absolute atomic E-state index is 0.0632. The fourth-order valence-electron chi connectivity index (χ4n) is 1.89. The average Bonchev–Trinajstić information content (AvgIpc) is 2.82. The number of nitrogens with one attached hydrogen (secondary N) is 1. The molecule has 0 bridgehead atoms. The maximum absolute atomic E-state index is 5.82. The molecule has 1 aromatic rings. The molecule has 5 nitrogen and oxygen atoms in total. The van der Waals surface area contributed by atoms with Crippen LogP contribution in [0, 0.1) is 0 Å². The van der Waals surface area contributed by atoms with E-state index < -0.39 is 0 Å². The molecule has 1 atom stereocenters. The summed E-state index contributed by atoms with van der Waals surface area (Å²) < 4.78 is 11.1. The molecular weight excluding hydrogens is 230 g/mol. The van der Waals surface area contributed by atoms with Crippen molar-refractivity contribution in [2.45, 2.75) is 38.9 Å². The lowest BCUT2D eigenvalue weighted by molar-refractivity contribution is 0.120. The van der Waals surface area contributed by atoms with E-state index in [2.05, 4.69) is 10.3 Å². The van der Waals surface area contributed by atoms with Gasteiger partial charge < -0.3 is 20.5 Å². The van der Waals surface area contributed by atoms with Gasteiger partial charge in [-0.3, -0.25) is 0 Å². The number of nitrogens with zero attached hydrogens (tertiary/aromatic N) is 1. The minimum Gasteiger partial charge on any atom is -0.473 e. The third-order valence-electron chi connectivity index (χ3n) is 2.77. The second-order valence-corrected chi connectivity index (χ2v) is 4.77. The number of pyridine rings is 1. The van der Waals surface area contributed by atoms with Gasteiger partial charge >= 0.3 is 0 Å². The van der Waals surface area contributed by atoms with Crippen LogP contribution < -0.4 is 15.8 Å². The highest BCUT2D eigenvalue weighted by Crippen LogP contribution is 2.22. The first-order valence-corrected chi connectivity index (χ1v) is 6.44. The van der Waals surface area contributed by atoms with Crippen LogP contribution in [0.1, 0.15) is 26.7 Å². The molecule has 2 rings (SSSR count). The SMILES string of the molecule is CC(C)Oc1nc(NCC2CCCO2)ccc1N. The van der Waals surface area contributed by atoms with Crippen molar-refractivity contribution in [3.8, 4) is 5.88 Å². The molecule has 0 spiro atoms. The number of nitrogens with two attached hydrogens (primary N) is 1. The number of hydrogen-bond donors (Lipinski definition) is 2. The topological polar surface area (TPSA) is 69.4 Å². The zero-order valence-corrected chi connectivity index (χ0v) is 11.0. The maximum Gasteiger partial charge on any atom is 0.239 e. The fourth-order valence-corrected chi connectivity index (χ4v) is 1.89. The molecule has 5 heteroatoms. The summed E-state index contributed by atoms with van der Waals surface area (Å²) in [4.78, 5) is 4.36. The van der Waals surface area contributed by atoms with E-state index in [4.69, 9.17) is 15.2 Å². The van der Waals surface area contributed by atoms with Crippen LogP contribution in [-0.4, -0.2) is 30.3 Å². The molecular formula is C13H21N3O2. The molecule has 3 N–H and O–H groups in total. The Kier molecular flexibility index (Phi) is 4.25. The van der Waals surface area contributed by atoms with E-state index in [1.165, 1.54) is 0 Å². The zero-order valence-electron chi connectivity index (χ0n) is 11.0. The first-order chi connectivity index (χ1) is 8.65. The van der Waals surface area contributed by atoms with Crippen molar-refractivity contribution in [2.24, 2.45) is 0 Å². The first-order valence-electron chi connectivity index (χ1n) is 6.44. The van der Waals surface area contributed by atoms with E-state index in [1.807, 2.05) is 26.0 Å². The summed E-state index contributed by atoms with van der Waals surface area (Å²) in [5.74, 6) is 1.26. The molecule has 0 aromatic carbocycles. The lowest BCUT2D eigenvalue weighted by atomic mass is 10.2. The lowest BCUT2D eigenvalue weighted by Crippen LogP contribution is -2.19. The summed E-state index contributed by atoms with van der Waals surface area (Å²) in [5.41, 5.74) is 6.38. The van der Waals surface area contributed by atoms with E-state index >= 15 is 0 Å². The molecule has 1 aliphatic heterocycles. The second-order valence-electron chi connectivity index (χ2n) is 4.77. The highest BCUT2D eigenvalue weighted by Gasteiger charge is 2.15. The predicted molar refractivity (Wildman–Crippen MR) is 71.9 cm³/mol. The third kappa shape index (κ3) is 3.50. The number of aromatic nitrogens is 1. The van der Waals surface area contributed by atoms with E-state index in [9.17, 15) is 0 Å². The second kappa shape index (κ2) is 5.91. The monoisotopic (exact) mass is 251 g/mol. The highest BCUT2D eigenvalue weighted by molar-refractivity contribution is 5.53. The molecule has 0 saturated carbocycles. The highest BCUT2D eigenvalue weighted by atomic mass is 16.5. The van der Waals surface area contributed by atoms with E-state index in [-0.39, 0.29) is 6.10 Å². The Balaban J connectivity index is 1.95. The molecule has 1 saturated heterocycles. The summed E-state index contributed by atoms with van der Waals surface area (Å²) >= 11 is 0. The molecule has 1 fully saturated rings. The van der Waals surface area contributed by atoms with Crippen molar-refractivity contribution >= 4 is 11.5 Å². The molecule has 2 heterocycles. The van der Waals surface area contributed by atoms with Crippen molar-refractivity contribution in [3.63, 3.8) is 0 Å². The van der Waals surface area contributed by atoms with Gasteiger partial charge in [-0.2, -0.15) is 4.98 Å². The van der Waals surface area contributed by atoms with Crippen LogP contribution in [0.2, 0.25) is 0 Å². The van der Waals surface area contributed by atoms with Gasteiger partial charge in [0.05, 0.1) is 17.9 Å². The number of nitrogen functional groups attached to an aromatic ring is 1. The predicted octanol–water partition coefficient (Wildman–Crippen LogP) is 2.04. The van der Waals surface area contributed by atoms with E-state index in [0.717, 1.165) is 31.8 Å². The molecule has 1 unspecified atom stereocenters. The van der Waals surface area contributed by atoms with Gasteiger partial charge in [0.2, 0.25) is 5.88 Å². The molecule has 0 aliphatic carbocycles. The van der Waals surface area contributed by atoms with Gasteiger partial charge in [0, 0.05) is 13.2 Å². The van der Waals surface area contributed by atoms with Crippen LogP contribution in [0.15, 0.2) is 12.1 Å². The van der Waals surface area contributed by atoms with Crippen molar-refractivity contribution in [1.29, 1.82) is 0 Å². The van der Waals surface area contributed by atoms with Crippen molar-refractivity contribution in [1.82, 2.24) is 4.98 Å². The van der Waals surface area contributed by atoms with Gasteiger partial charge in [0.25, 0.3) is 0 Å². The van der Waals surface area contributed by atoms with Gasteiger partial charge in [-0.1, -0.05) is 0 Å². The van der Waals surface area contributed by atoms with Crippen LogP contribution in [0.4, 0.5) is 11.5 Å². The van der Waals surface area contributed by atoms with Crippen LogP contribution >= 0.6 is 0 Å². The standard InChI is InChI=1S/C13H21N3O2/c1-9(2)18-13-11(14)5-6-12(16-13)15-8-10-4-3-7-17-10/h5-6,9-10H,3-4,7-8,14H2,1-2H3,(H,15,16). The van der Waals surface area contributed by atoms with Crippen LogP contribution in [-0.2, 0) is 4.74 Å². The largest absolute Gasteiger partial charge is 0.473 e. The van der Waals surface area contributed by atoms with Gasteiger partial charge in [0.15, 0.2) is 0 Å². The molecule has 0 amide bonds. The summed E-state index contributed by atoms with van der Waals surface area (Å²) in [6.45, 7) is 5.54. The Morgan fingerprint density at radius 3 is 3.06 bits per heavy atom. The lowest BCUT2D eigenvalue weighted by Gasteiger charge is -2.14. The van der Waals surface area contributed by atoms with E-state index in [0.29, 0.717) is 17.7 Å². The molecule has 1 aliphatic rings. The van der Waals surface area contributed by atoms with Gasteiger partial charge in [0.1, 0.15) is 5.82 Å². The third-order valence-corrected chi connectivity index (χ3v) is 2.77. The molecule has 18 heavy (non-hydrogen) atoms. The smallest absolute Gasteiger partial charge is 0.239 e. The summed E-state index contributed by atoms with van der Waals surface area (Å²) in [6.07, 6.45) is 2.60. The minimum atomic E-state index is 0.0632. The summed E-state index contributed by atoms with van der Waals surface area (Å²) in [6, 6.07) is 3.67. The number of rotatable bonds is 5. The summed E-state index contributed by atoms with van der Waals surface area (Å²) in [7, 11) is 0. The molecule has 1 aromatic heterocycles. The van der Waals surface area contributed by atoms with Crippen LogP contribution in [0.25, 0.3) is 0 Å². The summed E-state index contributed by atoms with van der Waals surface area (Å²) in [5, 5.41) is 3.26. The Morgan fingerprint density at radius 1 is 1.56 bits per heavy atom. The Labute approximate surface area is 108 Å². The van der Waals surface area contributed by atoms with Crippen molar-refractivity contribution < 1.29 is 9.47 Å². The quantitative estimate of drug-likeness (QED) is 0.838. The Bertz CT molecular complexity index is 390.